The van der Waals surface area contributed by atoms with E-state index in [0.717, 1.165) is 0 Å². The molecule has 3 rings (SSSR count). The summed E-state index contributed by atoms with van der Waals surface area (Å²) in [5.41, 5.74) is -0.905. The molecule has 0 saturated heterocycles. The molecule has 7 nitrogen and oxygen atoms in total. The Morgan fingerprint density at radius 1 is 0.963 bits per heavy atom. The molecule has 27 heavy (non-hydrogen) atoms. The van der Waals surface area contributed by atoms with Crippen LogP contribution in [0.3, 0.4) is 0 Å². The van der Waals surface area contributed by atoms with E-state index in [4.69, 9.17) is 10.5 Å². The molecule has 128 valence electrons. The molecule has 2 aromatic rings. The number of nitrogens with zero attached hydrogens (tertiary/aromatic N) is 3. The Kier molecular flexibility index (Phi) is 4.48. The van der Waals surface area contributed by atoms with Crippen LogP contribution in [-0.4, -0.2) is 16.7 Å². The predicted octanol–water partition coefficient (Wildman–Crippen LogP) is 3.17. The molecule has 0 saturated carbocycles. The molecule has 2 aromatic carbocycles. The number of ketones is 2. The number of allylic oxidation sites excluding steroid dienone is 2. The van der Waals surface area contributed by atoms with E-state index >= 15 is 0 Å². The van der Waals surface area contributed by atoms with E-state index in [1.54, 1.807) is 30.3 Å². The number of hydrogen-bond acceptors (Lipinski definition) is 7. The average molecular weight is 419 g/mol. The molecular formula is C19H7BrN4O3. The zero-order valence-electron chi connectivity index (χ0n) is 13.4. The molecule has 0 fully saturated rings. The van der Waals surface area contributed by atoms with Crippen LogP contribution < -0.4 is 5.32 Å². The Labute approximate surface area is 161 Å². The smallest absolute Gasteiger partial charge is 0.198 e. The number of carbonyl (C=O) groups is 2. The van der Waals surface area contributed by atoms with Crippen LogP contribution in [-0.2, 0) is 0 Å². The summed E-state index contributed by atoms with van der Waals surface area (Å²) < 4.78 is 0.183. The second-order valence-electron chi connectivity index (χ2n) is 5.42. The topological polar surface area (TPSA) is 138 Å². The Morgan fingerprint density at radius 3 is 2.04 bits per heavy atom. The van der Waals surface area contributed by atoms with Crippen LogP contribution >= 0.6 is 15.9 Å². The van der Waals surface area contributed by atoms with Gasteiger partial charge in [-0.3, -0.25) is 9.59 Å². The minimum Gasteiger partial charge on any atom is -0.507 e. The van der Waals surface area contributed by atoms with Crippen LogP contribution in [0.25, 0.3) is 0 Å². The monoisotopic (exact) mass is 418 g/mol. The highest BCUT2D eigenvalue weighted by Gasteiger charge is 2.35. The van der Waals surface area contributed by atoms with Gasteiger partial charge in [0.05, 0.1) is 16.8 Å². The third-order valence-electron chi connectivity index (χ3n) is 3.96. The molecule has 0 spiro atoms. The van der Waals surface area contributed by atoms with Crippen LogP contribution in [0.1, 0.15) is 31.8 Å². The first kappa shape index (κ1) is 17.9. The first-order valence-electron chi connectivity index (χ1n) is 7.40. The molecule has 0 radical (unpaired) electrons. The maximum absolute atomic E-state index is 13.0. The summed E-state index contributed by atoms with van der Waals surface area (Å²) in [7, 11) is 0. The highest BCUT2D eigenvalue weighted by atomic mass is 79.9. The van der Waals surface area contributed by atoms with Crippen molar-refractivity contribution in [2.24, 2.45) is 0 Å². The number of phenolic OH excluding ortho intramolecular Hbond substituents is 1. The highest BCUT2D eigenvalue weighted by molar-refractivity contribution is 9.10. The van der Waals surface area contributed by atoms with Gasteiger partial charge in [-0.05, 0) is 22.0 Å². The molecule has 1 aliphatic rings. The molecule has 1 aliphatic carbocycles. The van der Waals surface area contributed by atoms with E-state index in [9.17, 15) is 20.0 Å². The van der Waals surface area contributed by atoms with Gasteiger partial charge in [0.1, 0.15) is 29.7 Å². The first-order valence-corrected chi connectivity index (χ1v) is 8.19. The maximum Gasteiger partial charge on any atom is 0.198 e. The summed E-state index contributed by atoms with van der Waals surface area (Å²) in [5.74, 6) is -1.48. The van der Waals surface area contributed by atoms with Crippen molar-refractivity contribution < 1.29 is 14.7 Å². The highest BCUT2D eigenvalue weighted by Crippen LogP contribution is 2.41. The lowest BCUT2D eigenvalue weighted by Gasteiger charge is -2.22. The molecule has 8 heteroatoms. The van der Waals surface area contributed by atoms with Crippen molar-refractivity contribution in [1.82, 2.24) is 0 Å². The second kappa shape index (κ2) is 6.76. The molecular weight excluding hydrogens is 412 g/mol. The van der Waals surface area contributed by atoms with E-state index in [1.807, 2.05) is 0 Å². The van der Waals surface area contributed by atoms with Crippen LogP contribution in [0.4, 0.5) is 5.69 Å². The Bertz CT molecular complexity index is 1180. The number of rotatable bonds is 2. The number of phenols is 1. The van der Waals surface area contributed by atoms with Gasteiger partial charge in [0, 0.05) is 15.6 Å². The van der Waals surface area contributed by atoms with Crippen LogP contribution in [0, 0.1) is 34.0 Å². The van der Waals surface area contributed by atoms with Gasteiger partial charge in [0.25, 0.3) is 0 Å². The lowest BCUT2D eigenvalue weighted by molar-refractivity contribution is 0.0977. The van der Waals surface area contributed by atoms with Gasteiger partial charge in [0.2, 0.25) is 0 Å². The van der Waals surface area contributed by atoms with Gasteiger partial charge >= 0.3 is 0 Å². The Balaban J connectivity index is 2.32. The van der Waals surface area contributed by atoms with E-state index in [1.165, 1.54) is 18.2 Å². The van der Waals surface area contributed by atoms with Crippen LogP contribution in [0.2, 0.25) is 0 Å². The molecule has 0 heterocycles. The molecule has 2 N–H and O–H groups in total. The van der Waals surface area contributed by atoms with Gasteiger partial charge in [-0.25, -0.2) is 0 Å². The van der Waals surface area contributed by atoms with Crippen molar-refractivity contribution >= 4 is 33.2 Å². The van der Waals surface area contributed by atoms with Crippen molar-refractivity contribution in [1.29, 1.82) is 15.8 Å². The summed E-state index contributed by atoms with van der Waals surface area (Å²) in [4.78, 5) is 25.8. The number of anilines is 1. The summed E-state index contributed by atoms with van der Waals surface area (Å²) in [6.45, 7) is 0. The van der Waals surface area contributed by atoms with Crippen LogP contribution in [0.15, 0.2) is 46.1 Å². The van der Waals surface area contributed by atoms with Crippen molar-refractivity contribution in [2.75, 3.05) is 5.32 Å². The van der Waals surface area contributed by atoms with Crippen molar-refractivity contribution in [2.45, 2.75) is 0 Å². The Hall–Kier alpha value is -3.93. The fourth-order valence-electron chi connectivity index (χ4n) is 2.77. The number of aromatic hydroxyl groups is 1. The molecule has 0 aromatic heterocycles. The lowest BCUT2D eigenvalue weighted by atomic mass is 9.82. The average Bonchev–Trinajstić information content (AvgIpc) is 2.67. The van der Waals surface area contributed by atoms with Gasteiger partial charge in [-0.1, -0.05) is 24.3 Å². The normalized spacial score (nSPS) is 11.3. The molecule has 0 bridgehead atoms. The van der Waals surface area contributed by atoms with E-state index in [-0.39, 0.29) is 38.1 Å². The second-order valence-corrected chi connectivity index (χ2v) is 6.27. The minimum absolute atomic E-state index is 0.00945. The molecule has 0 aliphatic heterocycles. The van der Waals surface area contributed by atoms with Crippen molar-refractivity contribution in [3.8, 4) is 24.0 Å². The summed E-state index contributed by atoms with van der Waals surface area (Å²) >= 11 is 3.18. The molecule has 0 atom stereocenters. The number of halogens is 1. The largest absolute Gasteiger partial charge is 0.507 e. The van der Waals surface area contributed by atoms with Crippen molar-refractivity contribution in [3.05, 3.63) is 68.3 Å². The molecule has 0 amide bonds. The van der Waals surface area contributed by atoms with Crippen molar-refractivity contribution in [3.63, 3.8) is 0 Å². The third kappa shape index (κ3) is 2.73. The maximum atomic E-state index is 13.0. The number of hydrogen-bond donors (Lipinski definition) is 2. The number of fused-ring (bicyclic) bond motifs is 2. The summed E-state index contributed by atoms with van der Waals surface area (Å²) in [6.07, 6.45) is 0. The predicted molar refractivity (Wildman–Crippen MR) is 96.6 cm³/mol. The number of nitriles is 3. The number of benzene rings is 2. The van der Waals surface area contributed by atoms with E-state index in [0.29, 0.717) is 0 Å². The summed E-state index contributed by atoms with van der Waals surface area (Å²) in [6, 6.07) is 12.2. The van der Waals surface area contributed by atoms with E-state index in [2.05, 4.69) is 21.2 Å². The lowest BCUT2D eigenvalue weighted by Crippen LogP contribution is -2.23. The fourth-order valence-corrected chi connectivity index (χ4v) is 3.29. The molecule has 0 unspecified atom stereocenters. The minimum atomic E-state index is -0.545. The number of carbonyl (C=O) groups excluding carboxylic acids is 2. The first-order chi connectivity index (χ1) is 12.9. The fraction of sp³-hybridized carbons (Fsp3) is 0. The Morgan fingerprint density at radius 2 is 1.52 bits per heavy atom. The van der Waals surface area contributed by atoms with Gasteiger partial charge < -0.3 is 10.4 Å². The van der Waals surface area contributed by atoms with Gasteiger partial charge in [-0.15, -0.1) is 0 Å². The van der Waals surface area contributed by atoms with Gasteiger partial charge in [-0.2, -0.15) is 15.8 Å². The SMILES string of the molecule is N#CC(C#N)=C(C#N)Nc1c(Br)cc(O)c2c1C(=O)c1ccccc1C2=O. The van der Waals surface area contributed by atoms with Gasteiger partial charge in [0.15, 0.2) is 17.1 Å². The number of nitrogens with one attached hydrogen (secondary N) is 1. The summed E-state index contributed by atoms with van der Waals surface area (Å²) in [5, 5.41) is 40.1. The standard InChI is InChI=1S/C19H7BrN4O3/c20-12-5-14(25)15-16(17(12)24-13(8-23)9(6-21)7-22)19(27)11-4-2-1-3-10(11)18(15)26/h1-5,24-25H. The zero-order valence-corrected chi connectivity index (χ0v) is 15.0. The zero-order chi connectivity index (χ0) is 19.7. The third-order valence-corrected chi connectivity index (χ3v) is 4.59. The van der Waals surface area contributed by atoms with Crippen LogP contribution in [0.5, 0.6) is 5.75 Å². The van der Waals surface area contributed by atoms with E-state index < -0.39 is 22.9 Å². The quantitative estimate of drug-likeness (QED) is 0.481.